The van der Waals surface area contributed by atoms with Gasteiger partial charge in [0.15, 0.2) is 0 Å². The SMILES string of the molecule is C=N/C=C\C(C)=NCCl. The Balaban J connectivity index is 3.74. The molecule has 0 unspecified atom stereocenters. The monoisotopic (exact) mass is 144 g/mol. The van der Waals surface area contributed by atoms with Gasteiger partial charge in [-0.15, -0.1) is 11.6 Å². The minimum absolute atomic E-state index is 0.299. The van der Waals surface area contributed by atoms with Crippen LogP contribution in [0.4, 0.5) is 0 Å². The summed E-state index contributed by atoms with van der Waals surface area (Å²) in [6.07, 6.45) is 3.32. The Morgan fingerprint density at radius 1 is 1.78 bits per heavy atom. The second kappa shape index (κ2) is 5.51. The fourth-order valence-electron chi connectivity index (χ4n) is 0.308. The van der Waals surface area contributed by atoms with Gasteiger partial charge in [-0.3, -0.25) is 9.98 Å². The third kappa shape index (κ3) is 5.24. The molecule has 3 heteroatoms. The Bertz CT molecular complexity index is 138. The van der Waals surface area contributed by atoms with Crippen molar-refractivity contribution in [2.24, 2.45) is 9.98 Å². The number of nitrogens with zero attached hydrogens (tertiary/aromatic N) is 2. The van der Waals surface area contributed by atoms with Gasteiger partial charge in [0.2, 0.25) is 0 Å². The van der Waals surface area contributed by atoms with Crippen molar-refractivity contribution >= 4 is 24.0 Å². The molecule has 0 aromatic heterocycles. The molecule has 0 radical (unpaired) electrons. The summed E-state index contributed by atoms with van der Waals surface area (Å²) in [5.74, 6) is 0. The molecule has 0 saturated carbocycles. The smallest absolute Gasteiger partial charge is 0.113 e. The van der Waals surface area contributed by atoms with E-state index in [1.807, 2.05) is 6.92 Å². The number of aliphatic imine (C=N–C) groups is 2. The summed E-state index contributed by atoms with van der Waals surface area (Å²) in [5.41, 5.74) is 0.859. The zero-order chi connectivity index (χ0) is 7.11. The molecule has 50 valence electrons. The average Bonchev–Trinajstić information content (AvgIpc) is 1.85. The van der Waals surface area contributed by atoms with Gasteiger partial charge in [0.25, 0.3) is 0 Å². The molecule has 0 heterocycles. The van der Waals surface area contributed by atoms with Gasteiger partial charge in [-0.25, -0.2) is 0 Å². The molecule has 0 saturated heterocycles. The molecule has 0 aromatic rings. The molecular weight excluding hydrogens is 136 g/mol. The number of allylic oxidation sites excluding steroid dienone is 1. The van der Waals surface area contributed by atoms with E-state index in [2.05, 4.69) is 16.7 Å². The molecule has 0 atom stereocenters. The molecule has 0 amide bonds. The largest absolute Gasteiger partial charge is 0.274 e. The van der Waals surface area contributed by atoms with Crippen molar-refractivity contribution in [2.45, 2.75) is 6.92 Å². The van der Waals surface area contributed by atoms with Crippen LogP contribution in [0.5, 0.6) is 0 Å². The van der Waals surface area contributed by atoms with Crippen molar-refractivity contribution in [2.75, 3.05) is 6.00 Å². The summed E-state index contributed by atoms with van der Waals surface area (Å²) in [6.45, 7) is 5.12. The van der Waals surface area contributed by atoms with Crippen molar-refractivity contribution in [3.8, 4) is 0 Å². The topological polar surface area (TPSA) is 24.7 Å². The first-order valence-corrected chi connectivity index (χ1v) is 3.04. The Morgan fingerprint density at radius 2 is 2.44 bits per heavy atom. The third-order valence-electron chi connectivity index (χ3n) is 0.730. The predicted octanol–water partition coefficient (Wildman–Crippen LogP) is 1.86. The summed E-state index contributed by atoms with van der Waals surface area (Å²) < 4.78 is 0. The lowest BCUT2D eigenvalue weighted by atomic mass is 10.4. The number of alkyl halides is 1. The Morgan fingerprint density at radius 3 is 2.89 bits per heavy atom. The van der Waals surface area contributed by atoms with Crippen LogP contribution in [-0.2, 0) is 0 Å². The molecule has 0 aliphatic carbocycles. The van der Waals surface area contributed by atoms with E-state index in [9.17, 15) is 0 Å². The van der Waals surface area contributed by atoms with Crippen LogP contribution in [0.15, 0.2) is 22.3 Å². The molecule has 9 heavy (non-hydrogen) atoms. The van der Waals surface area contributed by atoms with Gasteiger partial charge in [-0.2, -0.15) is 0 Å². The number of hydrogen-bond acceptors (Lipinski definition) is 2. The molecule has 0 aromatic carbocycles. The van der Waals surface area contributed by atoms with Crippen molar-refractivity contribution in [3.63, 3.8) is 0 Å². The first-order chi connectivity index (χ1) is 4.31. The highest BCUT2D eigenvalue weighted by Gasteiger charge is 1.77. The molecule has 0 bridgehead atoms. The van der Waals surface area contributed by atoms with Gasteiger partial charge < -0.3 is 0 Å². The van der Waals surface area contributed by atoms with E-state index in [0.717, 1.165) is 5.71 Å². The van der Waals surface area contributed by atoms with Crippen molar-refractivity contribution in [3.05, 3.63) is 12.3 Å². The van der Waals surface area contributed by atoms with Crippen LogP contribution < -0.4 is 0 Å². The highest BCUT2D eigenvalue weighted by molar-refractivity contribution is 6.18. The predicted molar refractivity (Wildman–Crippen MR) is 42.5 cm³/mol. The maximum atomic E-state index is 5.31. The van der Waals surface area contributed by atoms with Crippen LogP contribution in [0.2, 0.25) is 0 Å². The molecule has 0 fully saturated rings. The number of halogens is 1. The zero-order valence-corrected chi connectivity index (χ0v) is 6.10. The fraction of sp³-hybridized carbons (Fsp3) is 0.333. The summed E-state index contributed by atoms with van der Waals surface area (Å²) in [7, 11) is 0. The van der Waals surface area contributed by atoms with E-state index in [1.165, 1.54) is 0 Å². The van der Waals surface area contributed by atoms with E-state index in [0.29, 0.717) is 6.00 Å². The Kier molecular flexibility index (Phi) is 5.12. The van der Waals surface area contributed by atoms with Crippen LogP contribution in [0.1, 0.15) is 6.92 Å². The van der Waals surface area contributed by atoms with Crippen LogP contribution >= 0.6 is 11.6 Å². The fourth-order valence-corrected chi connectivity index (χ4v) is 0.496. The van der Waals surface area contributed by atoms with E-state index >= 15 is 0 Å². The molecule has 0 aliphatic heterocycles. The number of rotatable bonds is 3. The molecule has 2 nitrogen and oxygen atoms in total. The summed E-state index contributed by atoms with van der Waals surface area (Å²) in [6, 6.07) is 0.299. The van der Waals surface area contributed by atoms with Gasteiger partial charge in [-0.1, -0.05) is 0 Å². The van der Waals surface area contributed by atoms with Crippen molar-refractivity contribution in [1.82, 2.24) is 0 Å². The highest BCUT2D eigenvalue weighted by atomic mass is 35.5. The third-order valence-corrected chi connectivity index (χ3v) is 0.850. The van der Waals surface area contributed by atoms with Crippen LogP contribution in [-0.4, -0.2) is 18.4 Å². The van der Waals surface area contributed by atoms with Gasteiger partial charge in [0.1, 0.15) is 6.00 Å². The minimum atomic E-state index is 0.299. The maximum absolute atomic E-state index is 5.31. The summed E-state index contributed by atoms with van der Waals surface area (Å²) in [4.78, 5) is 7.37. The summed E-state index contributed by atoms with van der Waals surface area (Å²) in [5, 5.41) is 0. The zero-order valence-electron chi connectivity index (χ0n) is 5.34. The second-order valence-corrected chi connectivity index (χ2v) is 1.66. The van der Waals surface area contributed by atoms with E-state index in [-0.39, 0.29) is 0 Å². The van der Waals surface area contributed by atoms with Crippen LogP contribution in [0.25, 0.3) is 0 Å². The second-order valence-electron chi connectivity index (χ2n) is 1.42. The molecule has 0 rings (SSSR count). The quantitative estimate of drug-likeness (QED) is 0.328. The molecule has 0 aliphatic rings. The Labute approximate surface area is 60.0 Å². The number of hydrogen-bond donors (Lipinski definition) is 0. The standard InChI is InChI=1S/C6H9ClN2/c1-6(9-5-7)3-4-8-2/h3-4H,2,5H2,1H3/b4-3-,9-6?. The van der Waals surface area contributed by atoms with E-state index in [4.69, 9.17) is 11.6 Å². The Hall–Kier alpha value is -0.630. The van der Waals surface area contributed by atoms with Crippen LogP contribution in [0.3, 0.4) is 0 Å². The first-order valence-electron chi connectivity index (χ1n) is 2.50. The lowest BCUT2D eigenvalue weighted by molar-refractivity contribution is 1.35. The summed E-state index contributed by atoms with van der Waals surface area (Å²) >= 11 is 5.31. The van der Waals surface area contributed by atoms with Crippen molar-refractivity contribution < 1.29 is 0 Å². The highest BCUT2D eigenvalue weighted by Crippen LogP contribution is 1.83. The van der Waals surface area contributed by atoms with E-state index in [1.54, 1.807) is 12.3 Å². The molecular formula is C6H9ClN2. The molecule has 0 spiro atoms. The molecule has 0 N–H and O–H groups in total. The lowest BCUT2D eigenvalue weighted by Crippen LogP contribution is -1.82. The van der Waals surface area contributed by atoms with Crippen LogP contribution in [0, 0.1) is 0 Å². The van der Waals surface area contributed by atoms with Gasteiger partial charge >= 0.3 is 0 Å². The van der Waals surface area contributed by atoms with Crippen molar-refractivity contribution in [1.29, 1.82) is 0 Å². The normalized spacial score (nSPS) is 12.4. The van der Waals surface area contributed by atoms with Gasteiger partial charge in [0, 0.05) is 11.9 Å². The lowest BCUT2D eigenvalue weighted by Gasteiger charge is -1.84. The minimum Gasteiger partial charge on any atom is -0.274 e. The average molecular weight is 145 g/mol. The van der Waals surface area contributed by atoms with E-state index < -0.39 is 0 Å². The van der Waals surface area contributed by atoms with Gasteiger partial charge in [-0.05, 0) is 19.7 Å². The maximum Gasteiger partial charge on any atom is 0.113 e. The first kappa shape index (κ1) is 8.37. The van der Waals surface area contributed by atoms with Gasteiger partial charge in [0.05, 0.1) is 0 Å².